The highest BCUT2D eigenvalue weighted by molar-refractivity contribution is 7.99. The fourth-order valence-corrected chi connectivity index (χ4v) is 3.53. The number of para-hydroxylation sites is 1. The van der Waals surface area contributed by atoms with Crippen molar-refractivity contribution in [1.82, 2.24) is 14.8 Å². The Bertz CT molecular complexity index is 983. The van der Waals surface area contributed by atoms with Gasteiger partial charge in [0.15, 0.2) is 11.0 Å². The average molecular weight is 398 g/mol. The summed E-state index contributed by atoms with van der Waals surface area (Å²) >= 11 is 7.50. The summed E-state index contributed by atoms with van der Waals surface area (Å²) in [5, 5.41) is 18.6. The van der Waals surface area contributed by atoms with Crippen LogP contribution in [0.2, 0.25) is 5.02 Å². The molecule has 3 rings (SSSR count). The van der Waals surface area contributed by atoms with Gasteiger partial charge in [0.2, 0.25) is 5.91 Å². The van der Waals surface area contributed by atoms with Gasteiger partial charge in [0.05, 0.1) is 16.8 Å². The van der Waals surface area contributed by atoms with Crippen LogP contribution in [0.25, 0.3) is 11.4 Å². The fourth-order valence-electron chi connectivity index (χ4n) is 2.52. The Hall–Kier alpha value is -2.82. The summed E-state index contributed by atoms with van der Waals surface area (Å²) in [6, 6.07) is 18.6. The van der Waals surface area contributed by atoms with E-state index in [-0.39, 0.29) is 18.2 Å². The molecule has 0 aliphatic carbocycles. The largest absolute Gasteiger partial charge is 0.305 e. The highest BCUT2D eigenvalue weighted by Crippen LogP contribution is 2.28. The molecule has 0 unspecified atom stereocenters. The number of thioether (sulfide) groups is 1. The van der Waals surface area contributed by atoms with Crippen molar-refractivity contribution in [2.24, 2.45) is 7.05 Å². The van der Waals surface area contributed by atoms with E-state index in [1.807, 2.05) is 49.5 Å². The smallest absolute Gasteiger partial charge is 0.238 e. The number of anilines is 1. The van der Waals surface area contributed by atoms with Crippen LogP contribution < -0.4 is 4.90 Å². The SMILES string of the molecule is Cn1c(SCC(=O)N(CC#N)c2ccccc2)nnc1-c1ccccc1Cl. The molecule has 0 aliphatic heterocycles. The van der Waals surface area contributed by atoms with Gasteiger partial charge in [-0.2, -0.15) is 5.26 Å². The molecular weight excluding hydrogens is 382 g/mol. The van der Waals surface area contributed by atoms with E-state index in [1.165, 1.54) is 16.7 Å². The standard InChI is InChI=1S/C19H16ClN5OS/c1-24-18(15-9-5-6-10-16(15)20)22-23-19(24)27-13-17(26)25(12-11-21)14-7-3-2-4-8-14/h2-10H,12-13H2,1H3. The fraction of sp³-hybridized carbons (Fsp3) is 0.158. The van der Waals surface area contributed by atoms with Crippen LogP contribution in [0.5, 0.6) is 0 Å². The van der Waals surface area contributed by atoms with E-state index in [9.17, 15) is 4.79 Å². The maximum atomic E-state index is 12.6. The second kappa shape index (κ2) is 8.71. The molecule has 0 atom stereocenters. The Morgan fingerprint density at radius 1 is 1.19 bits per heavy atom. The second-order valence-electron chi connectivity index (χ2n) is 5.61. The van der Waals surface area contributed by atoms with Crippen LogP contribution in [0.4, 0.5) is 5.69 Å². The number of aromatic nitrogens is 3. The van der Waals surface area contributed by atoms with Crippen molar-refractivity contribution in [3.63, 3.8) is 0 Å². The lowest BCUT2D eigenvalue weighted by molar-refractivity contribution is -0.116. The number of halogens is 1. The molecule has 27 heavy (non-hydrogen) atoms. The van der Waals surface area contributed by atoms with E-state index in [1.54, 1.807) is 22.8 Å². The van der Waals surface area contributed by atoms with Crippen molar-refractivity contribution in [2.75, 3.05) is 17.2 Å². The predicted octanol–water partition coefficient (Wildman–Crippen LogP) is 3.78. The molecule has 2 aromatic carbocycles. The summed E-state index contributed by atoms with van der Waals surface area (Å²) in [7, 11) is 1.83. The molecule has 1 aromatic heterocycles. The number of nitrogens with zero attached hydrogens (tertiary/aromatic N) is 5. The highest BCUT2D eigenvalue weighted by atomic mass is 35.5. The first-order valence-electron chi connectivity index (χ1n) is 8.11. The minimum atomic E-state index is -0.171. The first-order valence-corrected chi connectivity index (χ1v) is 9.47. The van der Waals surface area contributed by atoms with Gasteiger partial charge < -0.3 is 4.57 Å². The molecule has 0 saturated carbocycles. The van der Waals surface area contributed by atoms with E-state index in [2.05, 4.69) is 10.2 Å². The Morgan fingerprint density at radius 3 is 2.59 bits per heavy atom. The van der Waals surface area contributed by atoms with Gasteiger partial charge in [-0.1, -0.05) is 53.7 Å². The molecule has 0 fully saturated rings. The molecule has 3 aromatic rings. The zero-order valence-corrected chi connectivity index (χ0v) is 16.1. The molecule has 136 valence electrons. The van der Waals surface area contributed by atoms with E-state index < -0.39 is 0 Å². The molecule has 0 bridgehead atoms. The maximum absolute atomic E-state index is 12.6. The predicted molar refractivity (Wildman–Crippen MR) is 107 cm³/mol. The Morgan fingerprint density at radius 2 is 1.89 bits per heavy atom. The Kier molecular flexibility index (Phi) is 6.12. The van der Waals surface area contributed by atoms with Gasteiger partial charge >= 0.3 is 0 Å². The van der Waals surface area contributed by atoms with Gasteiger partial charge in [0.25, 0.3) is 0 Å². The van der Waals surface area contributed by atoms with E-state index >= 15 is 0 Å². The minimum Gasteiger partial charge on any atom is -0.305 e. The number of carbonyl (C=O) groups excluding carboxylic acids is 1. The highest BCUT2D eigenvalue weighted by Gasteiger charge is 2.18. The number of benzene rings is 2. The molecule has 0 radical (unpaired) electrons. The van der Waals surface area contributed by atoms with Gasteiger partial charge in [-0.3, -0.25) is 9.69 Å². The van der Waals surface area contributed by atoms with Crippen LogP contribution in [0, 0.1) is 11.3 Å². The van der Waals surface area contributed by atoms with Gasteiger partial charge in [0, 0.05) is 18.3 Å². The monoisotopic (exact) mass is 397 g/mol. The average Bonchev–Trinajstić information content (AvgIpc) is 3.05. The van der Waals surface area contributed by atoms with Crippen molar-refractivity contribution in [3.8, 4) is 17.5 Å². The van der Waals surface area contributed by atoms with E-state index in [4.69, 9.17) is 16.9 Å². The zero-order valence-electron chi connectivity index (χ0n) is 14.5. The lowest BCUT2D eigenvalue weighted by Gasteiger charge is -2.19. The molecule has 0 spiro atoms. The number of hydrogen-bond acceptors (Lipinski definition) is 5. The summed E-state index contributed by atoms with van der Waals surface area (Å²) in [6.07, 6.45) is 0. The van der Waals surface area contributed by atoms with Gasteiger partial charge in [-0.05, 0) is 24.3 Å². The zero-order chi connectivity index (χ0) is 19.2. The molecule has 0 N–H and O–H groups in total. The van der Waals surface area contributed by atoms with Crippen LogP contribution in [-0.2, 0) is 11.8 Å². The summed E-state index contributed by atoms with van der Waals surface area (Å²) < 4.78 is 1.80. The second-order valence-corrected chi connectivity index (χ2v) is 6.96. The molecule has 8 heteroatoms. The molecular formula is C19H16ClN5OS. The van der Waals surface area contributed by atoms with Gasteiger partial charge in [-0.25, -0.2) is 0 Å². The van der Waals surface area contributed by atoms with Crippen LogP contribution >= 0.6 is 23.4 Å². The van der Waals surface area contributed by atoms with Gasteiger partial charge in [0.1, 0.15) is 6.54 Å². The summed E-state index contributed by atoms with van der Waals surface area (Å²) in [4.78, 5) is 14.1. The number of carbonyl (C=O) groups is 1. The normalized spacial score (nSPS) is 10.4. The van der Waals surface area contributed by atoms with Crippen molar-refractivity contribution in [1.29, 1.82) is 5.26 Å². The first kappa shape index (κ1) is 19.0. The van der Waals surface area contributed by atoms with Crippen LogP contribution in [0.3, 0.4) is 0 Å². The summed E-state index contributed by atoms with van der Waals surface area (Å²) in [5.41, 5.74) is 1.47. The van der Waals surface area contributed by atoms with Gasteiger partial charge in [-0.15, -0.1) is 10.2 Å². The lowest BCUT2D eigenvalue weighted by atomic mass is 10.2. The number of hydrogen-bond donors (Lipinski definition) is 0. The molecule has 0 aliphatic rings. The molecule has 1 amide bonds. The maximum Gasteiger partial charge on any atom is 0.238 e. The Labute approximate surface area is 166 Å². The lowest BCUT2D eigenvalue weighted by Crippen LogP contribution is -2.32. The third-order valence-electron chi connectivity index (χ3n) is 3.87. The van der Waals surface area contributed by atoms with Crippen molar-refractivity contribution in [3.05, 3.63) is 59.6 Å². The van der Waals surface area contributed by atoms with Crippen molar-refractivity contribution in [2.45, 2.75) is 5.16 Å². The molecule has 1 heterocycles. The van der Waals surface area contributed by atoms with Crippen molar-refractivity contribution >= 4 is 35.0 Å². The van der Waals surface area contributed by atoms with Crippen LogP contribution in [-0.4, -0.2) is 33.0 Å². The van der Waals surface area contributed by atoms with E-state index in [0.29, 0.717) is 21.7 Å². The number of amides is 1. The van der Waals surface area contributed by atoms with E-state index in [0.717, 1.165) is 5.56 Å². The van der Waals surface area contributed by atoms with Crippen LogP contribution in [0.1, 0.15) is 0 Å². The number of rotatable bonds is 6. The third kappa shape index (κ3) is 4.30. The van der Waals surface area contributed by atoms with Crippen molar-refractivity contribution < 1.29 is 4.79 Å². The summed E-state index contributed by atoms with van der Waals surface area (Å²) in [6.45, 7) is -0.00685. The number of nitriles is 1. The molecule has 0 saturated heterocycles. The topological polar surface area (TPSA) is 74.8 Å². The molecule has 6 nitrogen and oxygen atoms in total. The Balaban J connectivity index is 1.74. The quantitative estimate of drug-likeness (QED) is 0.467. The minimum absolute atomic E-state index is 0.00685. The van der Waals surface area contributed by atoms with Crippen LogP contribution in [0.15, 0.2) is 59.8 Å². The summed E-state index contributed by atoms with van der Waals surface area (Å²) in [5.74, 6) is 0.605. The third-order valence-corrected chi connectivity index (χ3v) is 5.21. The first-order chi connectivity index (χ1) is 13.1.